The predicted octanol–water partition coefficient (Wildman–Crippen LogP) is 1.72. The van der Waals surface area contributed by atoms with Crippen LogP contribution in [0.25, 0.3) is 0 Å². The Morgan fingerprint density at radius 2 is 2.29 bits per heavy atom. The first-order valence-electron chi connectivity index (χ1n) is 4.68. The zero-order chi connectivity index (χ0) is 10.4. The first-order chi connectivity index (χ1) is 6.72. The smallest absolute Gasteiger partial charge is 0.217 e. The molecule has 1 N–H and O–H groups in total. The summed E-state index contributed by atoms with van der Waals surface area (Å²) in [5, 5.41) is 2.74. The molecule has 1 aromatic carbocycles. The first-order valence-corrected chi connectivity index (χ1v) is 4.68. The third-order valence-corrected chi connectivity index (χ3v) is 1.75. The van der Waals surface area contributed by atoms with Crippen LogP contribution in [0.1, 0.15) is 19.4 Å². The lowest BCUT2D eigenvalue weighted by Gasteiger charge is -2.06. The molecule has 1 amide bonds. The maximum absolute atomic E-state index is 10.7. The number of hydrogen-bond donors (Lipinski definition) is 1. The van der Waals surface area contributed by atoms with Gasteiger partial charge in [0.05, 0.1) is 6.61 Å². The fourth-order valence-electron chi connectivity index (χ4n) is 1.14. The lowest BCUT2D eigenvalue weighted by molar-refractivity contribution is -0.119. The summed E-state index contributed by atoms with van der Waals surface area (Å²) < 4.78 is 5.34. The Labute approximate surface area is 84.1 Å². The van der Waals surface area contributed by atoms with Gasteiger partial charge in [0.15, 0.2) is 0 Å². The number of ether oxygens (including phenoxy) is 1. The van der Waals surface area contributed by atoms with Crippen LogP contribution >= 0.6 is 0 Å². The highest BCUT2D eigenvalue weighted by Gasteiger charge is 1.96. The number of amides is 1. The van der Waals surface area contributed by atoms with Gasteiger partial charge in [0.1, 0.15) is 5.75 Å². The quantitative estimate of drug-likeness (QED) is 0.790. The van der Waals surface area contributed by atoms with Gasteiger partial charge < -0.3 is 10.1 Å². The molecule has 1 aromatic rings. The van der Waals surface area contributed by atoms with Gasteiger partial charge in [0.25, 0.3) is 0 Å². The molecule has 0 fully saturated rings. The van der Waals surface area contributed by atoms with Crippen LogP contribution in [0.15, 0.2) is 24.3 Å². The molecule has 0 aliphatic carbocycles. The molecule has 0 aliphatic rings. The topological polar surface area (TPSA) is 38.3 Å². The lowest BCUT2D eigenvalue weighted by Crippen LogP contribution is -2.18. The molecule has 0 bridgehead atoms. The van der Waals surface area contributed by atoms with Gasteiger partial charge in [-0.1, -0.05) is 12.1 Å². The van der Waals surface area contributed by atoms with Crippen molar-refractivity contribution in [2.75, 3.05) is 6.61 Å². The Morgan fingerprint density at radius 3 is 2.93 bits per heavy atom. The summed E-state index contributed by atoms with van der Waals surface area (Å²) in [6.07, 6.45) is 0. The van der Waals surface area contributed by atoms with Crippen molar-refractivity contribution < 1.29 is 9.53 Å². The van der Waals surface area contributed by atoms with E-state index in [0.29, 0.717) is 13.2 Å². The van der Waals surface area contributed by atoms with E-state index in [1.54, 1.807) is 0 Å². The van der Waals surface area contributed by atoms with Gasteiger partial charge in [-0.05, 0) is 24.6 Å². The average Bonchev–Trinajstić information content (AvgIpc) is 2.16. The molecular weight excluding hydrogens is 178 g/mol. The van der Waals surface area contributed by atoms with Crippen molar-refractivity contribution in [1.82, 2.24) is 5.32 Å². The maximum Gasteiger partial charge on any atom is 0.217 e. The number of carbonyl (C=O) groups excluding carboxylic acids is 1. The molecule has 76 valence electrons. The number of carbonyl (C=O) groups is 1. The Balaban J connectivity index is 2.58. The zero-order valence-electron chi connectivity index (χ0n) is 8.54. The van der Waals surface area contributed by atoms with Crippen LogP contribution in [0.5, 0.6) is 5.75 Å². The predicted molar refractivity (Wildman–Crippen MR) is 55.1 cm³/mol. The Bertz CT molecular complexity index is 310. The molecule has 3 heteroatoms. The third kappa shape index (κ3) is 3.47. The molecule has 0 radical (unpaired) electrons. The fraction of sp³-hybridized carbons (Fsp3) is 0.364. The van der Waals surface area contributed by atoms with Crippen LogP contribution in [-0.2, 0) is 11.3 Å². The van der Waals surface area contributed by atoms with Gasteiger partial charge >= 0.3 is 0 Å². The van der Waals surface area contributed by atoms with Gasteiger partial charge in [-0.15, -0.1) is 0 Å². The summed E-state index contributed by atoms with van der Waals surface area (Å²) in [5.74, 6) is 0.821. The maximum atomic E-state index is 10.7. The van der Waals surface area contributed by atoms with Crippen molar-refractivity contribution in [3.63, 3.8) is 0 Å². The summed E-state index contributed by atoms with van der Waals surface area (Å²) >= 11 is 0. The molecule has 0 spiro atoms. The highest BCUT2D eigenvalue weighted by atomic mass is 16.5. The van der Waals surface area contributed by atoms with Crippen LogP contribution in [0.2, 0.25) is 0 Å². The van der Waals surface area contributed by atoms with E-state index in [1.165, 1.54) is 6.92 Å². The molecule has 0 saturated heterocycles. The summed E-state index contributed by atoms with van der Waals surface area (Å²) in [5.41, 5.74) is 1.05. The summed E-state index contributed by atoms with van der Waals surface area (Å²) in [6, 6.07) is 7.71. The monoisotopic (exact) mass is 193 g/mol. The summed E-state index contributed by atoms with van der Waals surface area (Å²) in [4.78, 5) is 10.7. The minimum absolute atomic E-state index is 0.0215. The van der Waals surface area contributed by atoms with E-state index in [-0.39, 0.29) is 5.91 Å². The van der Waals surface area contributed by atoms with Gasteiger partial charge in [-0.25, -0.2) is 0 Å². The van der Waals surface area contributed by atoms with Crippen LogP contribution in [0.3, 0.4) is 0 Å². The minimum atomic E-state index is -0.0215. The van der Waals surface area contributed by atoms with E-state index in [1.807, 2.05) is 31.2 Å². The van der Waals surface area contributed by atoms with Crippen LogP contribution in [-0.4, -0.2) is 12.5 Å². The van der Waals surface area contributed by atoms with E-state index in [9.17, 15) is 4.79 Å². The van der Waals surface area contributed by atoms with Gasteiger partial charge in [-0.2, -0.15) is 0 Å². The Kier molecular flexibility index (Phi) is 3.98. The van der Waals surface area contributed by atoms with Crippen molar-refractivity contribution in [1.29, 1.82) is 0 Å². The molecule has 0 saturated carbocycles. The van der Waals surface area contributed by atoms with E-state index < -0.39 is 0 Å². The Morgan fingerprint density at radius 1 is 1.50 bits per heavy atom. The molecule has 0 unspecified atom stereocenters. The standard InChI is InChI=1S/C11H15NO2/c1-3-14-11-6-4-5-10(7-11)8-12-9(2)13/h4-7H,3,8H2,1-2H3,(H,12,13). The van der Waals surface area contributed by atoms with Crippen molar-refractivity contribution in [2.24, 2.45) is 0 Å². The molecule has 3 nitrogen and oxygen atoms in total. The summed E-state index contributed by atoms with van der Waals surface area (Å²) in [7, 11) is 0. The van der Waals surface area contributed by atoms with Crippen LogP contribution in [0.4, 0.5) is 0 Å². The van der Waals surface area contributed by atoms with Gasteiger partial charge in [-0.3, -0.25) is 4.79 Å². The van der Waals surface area contributed by atoms with Crippen molar-refractivity contribution in [3.8, 4) is 5.75 Å². The van der Waals surface area contributed by atoms with E-state index in [0.717, 1.165) is 11.3 Å². The van der Waals surface area contributed by atoms with E-state index in [4.69, 9.17) is 4.74 Å². The lowest BCUT2D eigenvalue weighted by atomic mass is 10.2. The van der Waals surface area contributed by atoms with Gasteiger partial charge in [0.2, 0.25) is 5.91 Å². The largest absolute Gasteiger partial charge is 0.494 e. The molecule has 0 heterocycles. The second-order valence-electron chi connectivity index (χ2n) is 2.99. The van der Waals surface area contributed by atoms with Crippen molar-refractivity contribution in [3.05, 3.63) is 29.8 Å². The number of nitrogens with one attached hydrogen (secondary N) is 1. The third-order valence-electron chi connectivity index (χ3n) is 1.75. The fourth-order valence-corrected chi connectivity index (χ4v) is 1.14. The van der Waals surface area contributed by atoms with Gasteiger partial charge in [0, 0.05) is 13.5 Å². The number of hydrogen-bond acceptors (Lipinski definition) is 2. The van der Waals surface area contributed by atoms with Crippen molar-refractivity contribution >= 4 is 5.91 Å². The highest BCUT2D eigenvalue weighted by Crippen LogP contribution is 2.12. The van der Waals surface area contributed by atoms with Crippen molar-refractivity contribution in [2.45, 2.75) is 20.4 Å². The molecule has 1 rings (SSSR count). The SMILES string of the molecule is CCOc1cccc(CNC(C)=O)c1. The number of rotatable bonds is 4. The van der Waals surface area contributed by atoms with Crippen LogP contribution in [0, 0.1) is 0 Å². The first kappa shape index (κ1) is 10.6. The second kappa shape index (κ2) is 5.27. The Hall–Kier alpha value is -1.51. The van der Waals surface area contributed by atoms with Crippen LogP contribution < -0.4 is 10.1 Å². The molecule has 0 atom stereocenters. The second-order valence-corrected chi connectivity index (χ2v) is 2.99. The number of benzene rings is 1. The molecule has 0 aromatic heterocycles. The zero-order valence-corrected chi connectivity index (χ0v) is 8.54. The minimum Gasteiger partial charge on any atom is -0.494 e. The highest BCUT2D eigenvalue weighted by molar-refractivity contribution is 5.72. The molecule has 0 aliphatic heterocycles. The summed E-state index contributed by atoms with van der Waals surface area (Å²) in [6.45, 7) is 4.66. The van der Waals surface area contributed by atoms with E-state index >= 15 is 0 Å². The average molecular weight is 193 g/mol. The van der Waals surface area contributed by atoms with E-state index in [2.05, 4.69) is 5.32 Å². The normalized spacial score (nSPS) is 9.57. The molecule has 14 heavy (non-hydrogen) atoms. The molecular formula is C11H15NO2.